The highest BCUT2D eigenvalue weighted by Crippen LogP contribution is 2.53. The molecule has 0 bridgehead atoms. The molecule has 10 aromatic rings. The third kappa shape index (κ3) is 4.44. The fraction of sp³-hybridized carbons (Fsp3) is 0.0625. The number of hydrogen-bond donors (Lipinski definition) is 0. The summed E-state index contributed by atoms with van der Waals surface area (Å²) in [6.45, 7) is 4.75. The highest BCUT2D eigenvalue weighted by Gasteiger charge is 2.38. The number of para-hydroxylation sites is 1. The molecule has 11 rings (SSSR count). The lowest BCUT2D eigenvalue weighted by Gasteiger charge is -2.24. The summed E-state index contributed by atoms with van der Waals surface area (Å²) in [5.74, 6) is 1.97. The minimum atomic E-state index is -0.192. The molecule has 0 atom stereocenters. The number of rotatable bonds is 4. The first kappa shape index (κ1) is 30.2. The predicted molar refractivity (Wildman–Crippen MR) is 221 cm³/mol. The number of nitrogens with zero attached hydrogens (tertiary/aromatic N) is 4. The Kier molecular flexibility index (Phi) is 6.43. The quantitative estimate of drug-likeness (QED) is 0.184. The van der Waals surface area contributed by atoms with E-state index in [2.05, 4.69) is 140 Å². The first-order chi connectivity index (χ1) is 26.0. The molecular formula is C48H32N4S. The van der Waals surface area contributed by atoms with Gasteiger partial charge >= 0.3 is 0 Å². The van der Waals surface area contributed by atoms with Crippen molar-refractivity contribution >= 4 is 53.3 Å². The molecule has 0 fully saturated rings. The van der Waals surface area contributed by atoms with E-state index >= 15 is 0 Å². The van der Waals surface area contributed by atoms with E-state index in [9.17, 15) is 0 Å². The van der Waals surface area contributed by atoms with Crippen LogP contribution in [0.5, 0.6) is 0 Å². The molecule has 250 valence electrons. The minimum Gasteiger partial charge on any atom is -0.309 e. The van der Waals surface area contributed by atoms with E-state index in [-0.39, 0.29) is 5.41 Å². The minimum absolute atomic E-state index is 0.192. The van der Waals surface area contributed by atoms with Crippen molar-refractivity contribution in [1.82, 2.24) is 19.5 Å². The number of benzene rings is 7. The zero-order valence-corrected chi connectivity index (χ0v) is 30.0. The number of thiophene rings is 1. The molecule has 3 aromatic heterocycles. The first-order valence-electron chi connectivity index (χ1n) is 18.0. The summed E-state index contributed by atoms with van der Waals surface area (Å²) in [6, 6.07) is 56.3. The van der Waals surface area contributed by atoms with Crippen LogP contribution in [-0.2, 0) is 5.41 Å². The van der Waals surface area contributed by atoms with Crippen LogP contribution in [0, 0.1) is 0 Å². The molecule has 0 N–H and O–H groups in total. The van der Waals surface area contributed by atoms with E-state index in [4.69, 9.17) is 15.0 Å². The summed E-state index contributed by atoms with van der Waals surface area (Å²) < 4.78 is 4.91. The van der Waals surface area contributed by atoms with Gasteiger partial charge in [-0.2, -0.15) is 0 Å². The lowest BCUT2D eigenvalue weighted by Crippen LogP contribution is -2.16. The number of aromatic nitrogens is 4. The van der Waals surface area contributed by atoms with Gasteiger partial charge in [0.25, 0.3) is 0 Å². The molecule has 5 heteroatoms. The van der Waals surface area contributed by atoms with Crippen molar-refractivity contribution in [2.75, 3.05) is 0 Å². The van der Waals surface area contributed by atoms with Crippen LogP contribution in [0.25, 0.3) is 93.0 Å². The Morgan fingerprint density at radius 2 is 1.11 bits per heavy atom. The standard InChI is InChI=1S/C48H32N4S/c1-48(2)39-22-12-9-19-32(39)35-25-26-36-33-20-10-13-23-40(33)52(43(36)42(35)48)31-27-37-34-21-11-14-24-41(34)53-44(37)38(28-31)47-50-45(29-15-5-3-6-16-29)49-46(51-47)30-17-7-4-8-18-30/h3-28H,1-2H3. The molecule has 4 nitrogen and oxygen atoms in total. The van der Waals surface area contributed by atoms with Gasteiger partial charge in [-0.15, -0.1) is 11.3 Å². The molecule has 0 saturated carbocycles. The van der Waals surface area contributed by atoms with Crippen LogP contribution in [-0.4, -0.2) is 19.5 Å². The molecule has 0 aliphatic heterocycles. The molecule has 7 aromatic carbocycles. The van der Waals surface area contributed by atoms with Gasteiger partial charge < -0.3 is 4.57 Å². The van der Waals surface area contributed by atoms with E-state index in [1.54, 1.807) is 11.3 Å². The van der Waals surface area contributed by atoms with Crippen LogP contribution >= 0.6 is 11.3 Å². The SMILES string of the molecule is CC1(C)c2ccccc2-c2ccc3c4ccccc4n(-c4cc(-c5nc(-c6ccccc6)nc(-c6ccccc6)n5)c5sc6ccccc6c5c4)c3c21. The van der Waals surface area contributed by atoms with Crippen LogP contribution in [0.4, 0.5) is 0 Å². The van der Waals surface area contributed by atoms with Crippen molar-refractivity contribution in [3.63, 3.8) is 0 Å². The van der Waals surface area contributed by atoms with E-state index in [0.717, 1.165) is 27.1 Å². The molecule has 0 spiro atoms. The van der Waals surface area contributed by atoms with E-state index < -0.39 is 0 Å². The molecule has 0 saturated heterocycles. The fourth-order valence-electron chi connectivity index (χ4n) is 8.62. The van der Waals surface area contributed by atoms with Gasteiger partial charge in [-0.1, -0.05) is 147 Å². The lowest BCUT2D eigenvalue weighted by molar-refractivity contribution is 0.664. The van der Waals surface area contributed by atoms with Crippen molar-refractivity contribution in [2.24, 2.45) is 0 Å². The smallest absolute Gasteiger partial charge is 0.165 e. The molecular weight excluding hydrogens is 665 g/mol. The highest BCUT2D eigenvalue weighted by atomic mass is 32.1. The summed E-state index contributed by atoms with van der Waals surface area (Å²) in [5.41, 5.74) is 11.6. The Labute approximate surface area is 310 Å². The van der Waals surface area contributed by atoms with Gasteiger partial charge in [0.1, 0.15) is 0 Å². The van der Waals surface area contributed by atoms with Crippen molar-refractivity contribution in [2.45, 2.75) is 19.3 Å². The summed E-state index contributed by atoms with van der Waals surface area (Å²) in [5, 5.41) is 4.93. The van der Waals surface area contributed by atoms with Crippen LogP contribution in [0.2, 0.25) is 0 Å². The van der Waals surface area contributed by atoms with E-state index in [0.29, 0.717) is 17.5 Å². The molecule has 0 amide bonds. The maximum Gasteiger partial charge on any atom is 0.165 e. The Morgan fingerprint density at radius 3 is 1.87 bits per heavy atom. The Balaban J connectivity index is 1.27. The van der Waals surface area contributed by atoms with Crippen LogP contribution in [0.1, 0.15) is 25.0 Å². The molecule has 0 radical (unpaired) electrons. The zero-order valence-electron chi connectivity index (χ0n) is 29.2. The van der Waals surface area contributed by atoms with Crippen LogP contribution < -0.4 is 0 Å². The maximum absolute atomic E-state index is 5.25. The van der Waals surface area contributed by atoms with Crippen molar-refractivity contribution in [1.29, 1.82) is 0 Å². The highest BCUT2D eigenvalue weighted by molar-refractivity contribution is 7.26. The van der Waals surface area contributed by atoms with Crippen molar-refractivity contribution in [3.8, 4) is 51.0 Å². The largest absolute Gasteiger partial charge is 0.309 e. The second-order valence-corrected chi connectivity index (χ2v) is 15.5. The second-order valence-electron chi connectivity index (χ2n) is 14.4. The lowest BCUT2D eigenvalue weighted by atomic mass is 9.81. The predicted octanol–water partition coefficient (Wildman–Crippen LogP) is 12.6. The fourth-order valence-corrected chi connectivity index (χ4v) is 9.81. The van der Waals surface area contributed by atoms with Crippen molar-refractivity contribution in [3.05, 3.63) is 169 Å². The van der Waals surface area contributed by atoms with E-state index in [1.807, 2.05) is 36.4 Å². The van der Waals surface area contributed by atoms with Gasteiger partial charge in [0.15, 0.2) is 17.5 Å². The first-order valence-corrected chi connectivity index (χ1v) is 18.9. The topological polar surface area (TPSA) is 43.6 Å². The average molecular weight is 697 g/mol. The monoisotopic (exact) mass is 696 g/mol. The van der Waals surface area contributed by atoms with Gasteiger partial charge in [0.05, 0.1) is 11.0 Å². The van der Waals surface area contributed by atoms with Gasteiger partial charge in [-0.3, -0.25) is 0 Å². The van der Waals surface area contributed by atoms with Crippen LogP contribution in [0.15, 0.2) is 158 Å². The Morgan fingerprint density at radius 1 is 0.491 bits per heavy atom. The third-order valence-electron chi connectivity index (χ3n) is 11.0. The maximum atomic E-state index is 5.25. The summed E-state index contributed by atoms with van der Waals surface area (Å²) in [7, 11) is 0. The van der Waals surface area contributed by atoms with Gasteiger partial charge in [-0.05, 0) is 46.5 Å². The molecule has 1 aliphatic carbocycles. The van der Waals surface area contributed by atoms with Gasteiger partial charge in [0.2, 0.25) is 0 Å². The molecule has 1 aliphatic rings. The number of hydrogen-bond acceptors (Lipinski definition) is 4. The average Bonchev–Trinajstić information content (AvgIpc) is 3.83. The van der Waals surface area contributed by atoms with Crippen molar-refractivity contribution < 1.29 is 0 Å². The summed E-state index contributed by atoms with van der Waals surface area (Å²) in [6.07, 6.45) is 0. The third-order valence-corrected chi connectivity index (χ3v) is 12.2. The number of fused-ring (bicyclic) bond motifs is 10. The van der Waals surface area contributed by atoms with E-state index in [1.165, 1.54) is 59.5 Å². The molecule has 0 unspecified atom stereocenters. The Bertz CT molecular complexity index is 3020. The Hall–Kier alpha value is -6.43. The van der Waals surface area contributed by atoms with Gasteiger partial charge in [-0.25, -0.2) is 15.0 Å². The van der Waals surface area contributed by atoms with Crippen LogP contribution in [0.3, 0.4) is 0 Å². The zero-order chi connectivity index (χ0) is 35.3. The molecule has 53 heavy (non-hydrogen) atoms. The summed E-state index contributed by atoms with van der Waals surface area (Å²) in [4.78, 5) is 15.5. The second kappa shape index (κ2) is 11.3. The normalized spacial score (nSPS) is 13.2. The van der Waals surface area contributed by atoms with Gasteiger partial charge in [0, 0.05) is 58.7 Å². The molecule has 3 heterocycles. The summed E-state index contributed by atoms with van der Waals surface area (Å²) >= 11 is 1.80.